The van der Waals surface area contributed by atoms with Gasteiger partial charge in [0.1, 0.15) is 13.2 Å². The van der Waals surface area contributed by atoms with Crippen LogP contribution in [0.2, 0.25) is 0 Å². The van der Waals surface area contributed by atoms with Crippen LogP contribution < -0.4 is 4.89 Å². The molecular weight excluding hydrogens is 999 g/mol. The second-order valence-electron chi connectivity index (χ2n) is 19.3. The molecule has 0 aliphatic carbocycles. The summed E-state index contributed by atoms with van der Waals surface area (Å²) in [6.45, 7) is 3.73. The van der Waals surface area contributed by atoms with E-state index in [4.69, 9.17) is 9.05 Å². The zero-order chi connectivity index (χ0) is 47.3. The smallest absolute Gasteiger partial charge is 0.756 e. The number of carboxylic acid groups (broad SMARTS) is 3. The minimum absolute atomic E-state index is 0. The van der Waals surface area contributed by atoms with Crippen LogP contribution in [0.5, 0.6) is 0 Å². The van der Waals surface area contributed by atoms with Gasteiger partial charge >= 0.3 is 57.8 Å². The van der Waals surface area contributed by atoms with Crippen LogP contribution in [0.15, 0.2) is 24.3 Å². The quantitative estimate of drug-likeness (QED) is 0.0450. The number of carbonyl (C=O) groups is 4. The van der Waals surface area contributed by atoms with Crippen molar-refractivity contribution < 1.29 is 102 Å². The molecule has 1 radical (unpaired) electrons. The van der Waals surface area contributed by atoms with Gasteiger partial charge in [-0.05, 0) is 30.4 Å². The number of benzene rings is 1. The molecule has 1 heterocycles. The standard InChI is InChI=1S/C47H84N5O11P.Gd/c1-51(2,3)34-36-63-64(60,61)62-35-20-18-16-14-12-10-8-6-5-7-9-11-13-15-17-19-21-42-22-24-43(25-23-42)37-44(53)38-49-28-26-48(39-45(54)55)27-29-50(40-46(56)57)31-33-52(4,32-30-49)41-47(58)59;/h22-25H,5-21,26-41H2,1-4H3,(H2-2,54,55,56,57,58,59,60,61);/q;+3/p+1/t52-;/m0./s1. The van der Waals surface area contributed by atoms with Crippen molar-refractivity contribution >= 4 is 31.5 Å². The fourth-order valence-corrected chi connectivity index (χ4v) is 8.76. The summed E-state index contributed by atoms with van der Waals surface area (Å²) in [4.78, 5) is 65.6. The summed E-state index contributed by atoms with van der Waals surface area (Å²) in [5.41, 5.74) is 2.22. The molecule has 0 saturated carbocycles. The maximum atomic E-state index is 13.4. The molecule has 0 aromatic heterocycles. The van der Waals surface area contributed by atoms with Crippen molar-refractivity contribution in [2.45, 2.75) is 116 Å². The third kappa shape index (κ3) is 33.6. The average Bonchev–Trinajstić information content (AvgIpc) is 3.19. The van der Waals surface area contributed by atoms with Gasteiger partial charge in [0.2, 0.25) is 0 Å². The minimum Gasteiger partial charge on any atom is -0.756 e. The predicted molar refractivity (Wildman–Crippen MR) is 248 cm³/mol. The summed E-state index contributed by atoms with van der Waals surface area (Å²) in [5.74, 6) is -2.87. The number of carboxylic acids is 3. The first-order chi connectivity index (χ1) is 30.3. The second-order valence-corrected chi connectivity index (χ2v) is 20.7. The second kappa shape index (κ2) is 34.8. The molecule has 65 heavy (non-hydrogen) atoms. The third-order valence-electron chi connectivity index (χ3n) is 12.1. The molecule has 1 aromatic rings. The number of hydrogen-bond donors (Lipinski definition) is 3. The molecule has 18 heteroatoms. The Balaban J connectivity index is 0.0000211. The van der Waals surface area contributed by atoms with Crippen molar-refractivity contribution in [2.75, 3.05) is 126 Å². The van der Waals surface area contributed by atoms with Gasteiger partial charge in [-0.3, -0.25) is 33.6 Å². The molecule has 1 aliphatic heterocycles. The first-order valence-electron chi connectivity index (χ1n) is 24.0. The fraction of sp³-hybridized carbons (Fsp3) is 0.787. The van der Waals surface area contributed by atoms with E-state index in [9.17, 15) is 44.0 Å². The van der Waals surface area contributed by atoms with E-state index >= 15 is 0 Å². The number of Topliss-reactive ketones (excluding diaryl/α,β-unsaturated/α-hetero) is 1. The maximum Gasteiger partial charge on any atom is 3.00 e. The van der Waals surface area contributed by atoms with Gasteiger partial charge in [-0.1, -0.05) is 114 Å². The number of carbonyl (C=O) groups excluding carboxylic acids is 1. The maximum absolute atomic E-state index is 13.4. The molecule has 2 rings (SSSR count). The number of phosphoric ester groups is 1. The van der Waals surface area contributed by atoms with Gasteiger partial charge in [-0.15, -0.1) is 0 Å². The van der Waals surface area contributed by atoms with Crippen LogP contribution in [0.4, 0.5) is 0 Å². The van der Waals surface area contributed by atoms with Crippen molar-refractivity contribution in [1.29, 1.82) is 0 Å². The monoisotopic (exact) mass is 1080 g/mol. The Morgan fingerprint density at radius 1 is 0.600 bits per heavy atom. The van der Waals surface area contributed by atoms with Crippen molar-refractivity contribution in [3.63, 3.8) is 0 Å². The Bertz CT molecular complexity index is 1540. The fourth-order valence-electron chi connectivity index (χ4n) is 8.02. The molecule has 1 saturated heterocycles. The van der Waals surface area contributed by atoms with Gasteiger partial charge in [0.05, 0.1) is 67.5 Å². The molecule has 0 spiro atoms. The molecule has 1 unspecified atom stereocenters. The topological polar surface area (TPSA) is 197 Å². The molecule has 3 N–H and O–H groups in total. The van der Waals surface area contributed by atoms with E-state index in [1.165, 1.54) is 82.6 Å². The number of unbranched alkanes of at least 4 members (excludes halogenated alkanes) is 15. The van der Waals surface area contributed by atoms with E-state index in [0.717, 1.165) is 37.7 Å². The van der Waals surface area contributed by atoms with Crippen LogP contribution in [0.3, 0.4) is 0 Å². The number of quaternary nitrogens is 2. The van der Waals surface area contributed by atoms with Crippen molar-refractivity contribution in [3.05, 3.63) is 35.4 Å². The summed E-state index contributed by atoms with van der Waals surface area (Å²) in [7, 11) is 3.60. The van der Waals surface area contributed by atoms with Crippen LogP contribution >= 0.6 is 7.82 Å². The summed E-state index contributed by atoms with van der Waals surface area (Å²) < 4.78 is 22.6. The number of rotatable bonds is 34. The van der Waals surface area contributed by atoms with E-state index in [-0.39, 0.29) is 96.0 Å². The number of phosphoric acid groups is 1. The van der Waals surface area contributed by atoms with E-state index < -0.39 is 25.7 Å². The number of aryl methyl sites for hydroxylation is 1. The summed E-state index contributed by atoms with van der Waals surface area (Å²) in [6.07, 6.45) is 20.5. The Labute approximate surface area is 422 Å². The molecule has 1 fully saturated rings. The number of ketones is 1. The number of aliphatic carboxylic acids is 3. The zero-order valence-electron chi connectivity index (χ0n) is 40.3. The molecule has 16 nitrogen and oxygen atoms in total. The van der Waals surface area contributed by atoms with Gasteiger partial charge in [0.25, 0.3) is 7.82 Å². The molecule has 1 aliphatic rings. The van der Waals surface area contributed by atoms with Gasteiger partial charge in [0.15, 0.2) is 12.3 Å². The van der Waals surface area contributed by atoms with Gasteiger partial charge in [-0.2, -0.15) is 0 Å². The molecule has 0 amide bonds. The van der Waals surface area contributed by atoms with Crippen molar-refractivity contribution in [2.24, 2.45) is 0 Å². The largest absolute Gasteiger partial charge is 3.00 e. The van der Waals surface area contributed by atoms with Crippen LogP contribution in [0.1, 0.15) is 114 Å². The van der Waals surface area contributed by atoms with Crippen LogP contribution in [0.25, 0.3) is 0 Å². The van der Waals surface area contributed by atoms with Crippen molar-refractivity contribution in [3.8, 4) is 0 Å². The first kappa shape index (κ1) is 61.6. The molecule has 0 bridgehead atoms. The Morgan fingerprint density at radius 3 is 1.42 bits per heavy atom. The summed E-state index contributed by atoms with van der Waals surface area (Å²) >= 11 is 0. The SMILES string of the molecule is C[N+](C)(C)CCOP(=O)([O-])OCCCCCCCCCCCCCCCCCCc1ccc(CC(=O)CN2CCN(CC(=O)O)CCN(CC(=O)O)CC[N@@+](C)(CC(=O)O)CC2)cc1.[Gd+3]. The van der Waals surface area contributed by atoms with E-state index in [1.54, 1.807) is 9.80 Å². The zero-order valence-corrected chi connectivity index (χ0v) is 43.5. The third-order valence-corrected chi connectivity index (χ3v) is 13.1. The molecule has 373 valence electrons. The predicted octanol–water partition coefficient (Wildman–Crippen LogP) is 5.41. The Hall–Kier alpha value is -1.47. The van der Waals surface area contributed by atoms with Crippen LogP contribution in [-0.4, -0.2) is 189 Å². The van der Waals surface area contributed by atoms with Gasteiger partial charge in [-0.25, -0.2) is 4.79 Å². The van der Waals surface area contributed by atoms with Gasteiger partial charge < -0.3 is 38.2 Å². The van der Waals surface area contributed by atoms with Crippen LogP contribution in [-0.2, 0) is 45.6 Å². The van der Waals surface area contributed by atoms with Crippen molar-refractivity contribution in [1.82, 2.24) is 14.7 Å². The number of likely N-dealkylation sites (N-methyl/N-ethyl adjacent to an activating group) is 2. The number of hydrogen-bond acceptors (Lipinski definition) is 11. The summed E-state index contributed by atoms with van der Waals surface area (Å²) in [6, 6.07) is 8.30. The Kier molecular flexibility index (Phi) is 32.9. The van der Waals surface area contributed by atoms with Crippen LogP contribution in [0, 0.1) is 39.9 Å². The molecule has 1 aromatic carbocycles. The number of nitrogens with zero attached hydrogens (tertiary/aromatic N) is 5. The van der Waals surface area contributed by atoms with E-state index in [0.29, 0.717) is 63.4 Å². The minimum atomic E-state index is -4.20. The van der Waals surface area contributed by atoms with Gasteiger partial charge in [0, 0.05) is 45.7 Å². The van der Waals surface area contributed by atoms with E-state index in [1.807, 2.05) is 45.2 Å². The summed E-state index contributed by atoms with van der Waals surface area (Å²) in [5, 5.41) is 28.6. The first-order valence-corrected chi connectivity index (χ1v) is 25.5. The molecule has 2 atom stereocenters. The molecular formula is C47H85GdN5O11P+4. The average molecular weight is 1080 g/mol. The van der Waals surface area contributed by atoms with E-state index in [2.05, 4.69) is 12.1 Å². The Morgan fingerprint density at radius 2 is 0.985 bits per heavy atom. The normalized spacial score (nSPS) is 18.2.